The SMILES string of the molecule is CC(=O)Nc1cccc(N(CC(=O)NCCC2=CCCCC2)C(C)=O)c1. The molecule has 0 bridgehead atoms. The summed E-state index contributed by atoms with van der Waals surface area (Å²) in [5.74, 6) is -0.608. The van der Waals surface area contributed by atoms with Crippen molar-refractivity contribution in [3.05, 3.63) is 35.9 Å². The van der Waals surface area contributed by atoms with Gasteiger partial charge in [0, 0.05) is 31.8 Å². The van der Waals surface area contributed by atoms with E-state index in [2.05, 4.69) is 16.7 Å². The Hall–Kier alpha value is -2.63. The number of carbonyl (C=O) groups excluding carboxylic acids is 3. The van der Waals surface area contributed by atoms with Crippen molar-refractivity contribution in [2.24, 2.45) is 0 Å². The van der Waals surface area contributed by atoms with E-state index < -0.39 is 0 Å². The van der Waals surface area contributed by atoms with Gasteiger partial charge in [0.15, 0.2) is 0 Å². The molecule has 2 N–H and O–H groups in total. The van der Waals surface area contributed by atoms with Crippen molar-refractivity contribution >= 4 is 29.1 Å². The van der Waals surface area contributed by atoms with Gasteiger partial charge in [-0.2, -0.15) is 0 Å². The summed E-state index contributed by atoms with van der Waals surface area (Å²) in [7, 11) is 0. The van der Waals surface area contributed by atoms with Gasteiger partial charge in [0.1, 0.15) is 6.54 Å². The molecule has 6 heteroatoms. The topological polar surface area (TPSA) is 78.5 Å². The minimum absolute atomic E-state index is 0.0437. The number of benzene rings is 1. The molecule has 1 aliphatic carbocycles. The maximum atomic E-state index is 12.2. The van der Waals surface area contributed by atoms with Crippen LogP contribution >= 0.6 is 0 Å². The zero-order valence-electron chi connectivity index (χ0n) is 15.5. The van der Waals surface area contributed by atoms with Gasteiger partial charge in [0.2, 0.25) is 17.7 Å². The quantitative estimate of drug-likeness (QED) is 0.736. The van der Waals surface area contributed by atoms with Crippen LogP contribution in [-0.4, -0.2) is 30.8 Å². The van der Waals surface area contributed by atoms with E-state index in [1.54, 1.807) is 24.3 Å². The molecule has 1 aliphatic rings. The number of anilines is 2. The Morgan fingerprint density at radius 1 is 1.15 bits per heavy atom. The van der Waals surface area contributed by atoms with Crippen molar-refractivity contribution in [2.45, 2.75) is 46.0 Å². The highest BCUT2D eigenvalue weighted by Crippen LogP contribution is 2.20. The minimum Gasteiger partial charge on any atom is -0.354 e. The third-order valence-corrected chi connectivity index (χ3v) is 4.31. The zero-order chi connectivity index (χ0) is 18.9. The molecule has 0 aliphatic heterocycles. The summed E-state index contributed by atoms with van der Waals surface area (Å²) in [5.41, 5.74) is 2.57. The molecule has 0 radical (unpaired) electrons. The Morgan fingerprint density at radius 3 is 2.62 bits per heavy atom. The number of nitrogens with zero attached hydrogens (tertiary/aromatic N) is 1. The fourth-order valence-electron chi connectivity index (χ4n) is 3.03. The largest absolute Gasteiger partial charge is 0.354 e. The molecule has 1 aromatic carbocycles. The number of nitrogens with one attached hydrogen (secondary N) is 2. The standard InChI is InChI=1S/C20H27N3O3/c1-15(24)22-18-9-6-10-19(13-18)23(16(2)25)14-20(26)21-12-11-17-7-4-3-5-8-17/h6-7,9-10,13H,3-5,8,11-12,14H2,1-2H3,(H,21,26)(H,22,24). The van der Waals surface area contributed by atoms with E-state index in [9.17, 15) is 14.4 Å². The number of carbonyl (C=O) groups is 3. The smallest absolute Gasteiger partial charge is 0.240 e. The third kappa shape index (κ3) is 6.35. The maximum absolute atomic E-state index is 12.2. The normalized spacial score (nSPS) is 13.5. The number of amides is 3. The Morgan fingerprint density at radius 2 is 1.96 bits per heavy atom. The Labute approximate surface area is 154 Å². The number of hydrogen-bond acceptors (Lipinski definition) is 3. The Balaban J connectivity index is 1.92. The van der Waals surface area contributed by atoms with Gasteiger partial charge in [0.05, 0.1) is 0 Å². The van der Waals surface area contributed by atoms with E-state index in [-0.39, 0.29) is 24.3 Å². The summed E-state index contributed by atoms with van der Waals surface area (Å²) in [5, 5.41) is 5.57. The monoisotopic (exact) mass is 357 g/mol. The highest BCUT2D eigenvalue weighted by Gasteiger charge is 2.16. The summed E-state index contributed by atoms with van der Waals surface area (Å²) >= 11 is 0. The molecule has 0 spiro atoms. The summed E-state index contributed by atoms with van der Waals surface area (Å²) in [6, 6.07) is 6.90. The van der Waals surface area contributed by atoms with E-state index in [4.69, 9.17) is 0 Å². The first kappa shape index (κ1) is 19.7. The molecule has 0 unspecified atom stereocenters. The van der Waals surface area contributed by atoms with Gasteiger partial charge in [-0.15, -0.1) is 0 Å². The Bertz CT molecular complexity index is 697. The van der Waals surface area contributed by atoms with Gasteiger partial charge < -0.3 is 15.5 Å². The van der Waals surface area contributed by atoms with Crippen molar-refractivity contribution in [3.63, 3.8) is 0 Å². The van der Waals surface area contributed by atoms with E-state index in [1.807, 2.05) is 0 Å². The summed E-state index contributed by atoms with van der Waals surface area (Å²) in [6.07, 6.45) is 7.86. The van der Waals surface area contributed by atoms with Gasteiger partial charge in [0.25, 0.3) is 0 Å². The second-order valence-corrected chi connectivity index (χ2v) is 6.54. The van der Waals surface area contributed by atoms with Crippen LogP contribution in [0.1, 0.15) is 46.0 Å². The first-order valence-corrected chi connectivity index (χ1v) is 9.06. The van der Waals surface area contributed by atoms with Gasteiger partial charge >= 0.3 is 0 Å². The molecule has 0 aromatic heterocycles. The fraction of sp³-hybridized carbons (Fsp3) is 0.450. The molecule has 3 amide bonds. The van der Waals surface area contributed by atoms with E-state index in [0.29, 0.717) is 17.9 Å². The van der Waals surface area contributed by atoms with Gasteiger partial charge in [-0.3, -0.25) is 14.4 Å². The lowest BCUT2D eigenvalue weighted by molar-refractivity contribution is -0.123. The van der Waals surface area contributed by atoms with Crippen molar-refractivity contribution in [1.29, 1.82) is 0 Å². The van der Waals surface area contributed by atoms with Crippen LogP contribution in [0.3, 0.4) is 0 Å². The molecule has 2 rings (SSSR count). The number of allylic oxidation sites excluding steroid dienone is 1. The van der Waals surface area contributed by atoms with Crippen LogP contribution < -0.4 is 15.5 Å². The van der Waals surface area contributed by atoms with Crippen molar-refractivity contribution in [3.8, 4) is 0 Å². The first-order valence-electron chi connectivity index (χ1n) is 9.06. The molecule has 6 nitrogen and oxygen atoms in total. The van der Waals surface area contributed by atoms with Crippen LogP contribution in [0.2, 0.25) is 0 Å². The van der Waals surface area contributed by atoms with Gasteiger partial charge in [-0.05, 0) is 50.3 Å². The molecular formula is C20H27N3O3. The predicted octanol–water partition coefficient (Wildman–Crippen LogP) is 3.00. The Kier molecular flexibility index (Phi) is 7.38. The molecule has 1 aromatic rings. The summed E-state index contributed by atoms with van der Waals surface area (Å²) < 4.78 is 0. The van der Waals surface area contributed by atoms with E-state index in [1.165, 1.54) is 37.2 Å². The highest BCUT2D eigenvalue weighted by molar-refractivity contribution is 5.98. The van der Waals surface area contributed by atoms with E-state index in [0.717, 1.165) is 19.3 Å². The van der Waals surface area contributed by atoms with Crippen LogP contribution in [0.15, 0.2) is 35.9 Å². The lowest BCUT2D eigenvalue weighted by Crippen LogP contribution is -2.40. The molecule has 0 atom stereocenters. The first-order chi connectivity index (χ1) is 12.5. The second kappa shape index (κ2) is 9.75. The van der Waals surface area contributed by atoms with Crippen LogP contribution in [0.5, 0.6) is 0 Å². The predicted molar refractivity (Wildman–Crippen MR) is 103 cm³/mol. The van der Waals surface area contributed by atoms with Crippen LogP contribution in [0.4, 0.5) is 11.4 Å². The fourth-order valence-corrected chi connectivity index (χ4v) is 3.03. The average molecular weight is 357 g/mol. The number of rotatable bonds is 7. The number of hydrogen-bond donors (Lipinski definition) is 2. The molecule has 26 heavy (non-hydrogen) atoms. The minimum atomic E-state index is -0.227. The molecule has 0 saturated carbocycles. The van der Waals surface area contributed by atoms with Crippen LogP contribution in [0.25, 0.3) is 0 Å². The molecule has 0 saturated heterocycles. The van der Waals surface area contributed by atoms with Crippen molar-refractivity contribution < 1.29 is 14.4 Å². The van der Waals surface area contributed by atoms with Crippen LogP contribution in [-0.2, 0) is 14.4 Å². The maximum Gasteiger partial charge on any atom is 0.240 e. The van der Waals surface area contributed by atoms with Gasteiger partial charge in [-0.1, -0.05) is 17.7 Å². The third-order valence-electron chi connectivity index (χ3n) is 4.31. The van der Waals surface area contributed by atoms with E-state index >= 15 is 0 Å². The average Bonchev–Trinajstić information content (AvgIpc) is 2.60. The molecular weight excluding hydrogens is 330 g/mol. The zero-order valence-corrected chi connectivity index (χ0v) is 15.5. The molecule has 0 heterocycles. The van der Waals surface area contributed by atoms with Crippen LogP contribution in [0, 0.1) is 0 Å². The lowest BCUT2D eigenvalue weighted by atomic mass is 9.97. The van der Waals surface area contributed by atoms with Gasteiger partial charge in [-0.25, -0.2) is 0 Å². The summed E-state index contributed by atoms with van der Waals surface area (Å²) in [4.78, 5) is 36.8. The van der Waals surface area contributed by atoms with Crippen molar-refractivity contribution in [2.75, 3.05) is 23.3 Å². The second-order valence-electron chi connectivity index (χ2n) is 6.54. The van der Waals surface area contributed by atoms with Crippen molar-refractivity contribution in [1.82, 2.24) is 5.32 Å². The molecule has 0 fully saturated rings. The lowest BCUT2D eigenvalue weighted by Gasteiger charge is -2.21. The molecule has 140 valence electrons. The summed E-state index contributed by atoms with van der Waals surface area (Å²) in [6.45, 7) is 3.38. The highest BCUT2D eigenvalue weighted by atomic mass is 16.2.